The van der Waals surface area contributed by atoms with Gasteiger partial charge in [0, 0.05) is 13.5 Å². The van der Waals surface area contributed by atoms with Crippen LogP contribution in [0.4, 0.5) is 10.5 Å². The summed E-state index contributed by atoms with van der Waals surface area (Å²) in [7, 11) is 0. The van der Waals surface area contributed by atoms with Gasteiger partial charge in [0.1, 0.15) is 5.52 Å². The lowest BCUT2D eigenvalue weighted by Gasteiger charge is -2.07. The minimum atomic E-state index is -0.277. The van der Waals surface area contributed by atoms with E-state index in [0.717, 1.165) is 11.1 Å². The lowest BCUT2D eigenvalue weighted by molar-refractivity contribution is 0.251. The summed E-state index contributed by atoms with van der Waals surface area (Å²) in [4.78, 5) is 16.2. The van der Waals surface area contributed by atoms with Gasteiger partial charge in [0.15, 0.2) is 11.5 Å². The summed E-state index contributed by atoms with van der Waals surface area (Å²) < 4.78 is 5.51. The first-order chi connectivity index (χ1) is 10.2. The Morgan fingerprint density at radius 2 is 1.95 bits per heavy atom. The fourth-order valence-corrected chi connectivity index (χ4v) is 2.10. The molecular formula is C16H15N3O2. The van der Waals surface area contributed by atoms with Crippen molar-refractivity contribution in [2.45, 2.75) is 13.5 Å². The molecule has 0 bridgehead atoms. The second kappa shape index (κ2) is 5.66. The van der Waals surface area contributed by atoms with Gasteiger partial charge in [-0.15, -0.1) is 0 Å². The van der Waals surface area contributed by atoms with Crippen LogP contribution in [0.1, 0.15) is 11.5 Å². The van der Waals surface area contributed by atoms with Gasteiger partial charge in [-0.2, -0.15) is 0 Å². The maximum absolute atomic E-state index is 12.0. The lowest BCUT2D eigenvalue weighted by atomic mass is 10.2. The molecule has 2 amide bonds. The van der Waals surface area contributed by atoms with E-state index < -0.39 is 0 Å². The van der Waals surface area contributed by atoms with Crippen molar-refractivity contribution in [3.05, 3.63) is 60.0 Å². The molecule has 5 heteroatoms. The molecule has 2 N–H and O–H groups in total. The number of nitrogens with one attached hydrogen (secondary N) is 2. The molecule has 0 atom stereocenters. The predicted octanol–water partition coefficient (Wildman–Crippen LogP) is 3.46. The summed E-state index contributed by atoms with van der Waals surface area (Å²) in [6, 6.07) is 14.9. The molecule has 5 nitrogen and oxygen atoms in total. The second-order valence-corrected chi connectivity index (χ2v) is 4.68. The van der Waals surface area contributed by atoms with Crippen LogP contribution in [0.25, 0.3) is 11.1 Å². The average Bonchev–Trinajstić information content (AvgIpc) is 2.88. The molecule has 1 aromatic heterocycles. The first-order valence-electron chi connectivity index (χ1n) is 6.67. The van der Waals surface area contributed by atoms with Crippen molar-refractivity contribution in [3.8, 4) is 0 Å². The average molecular weight is 281 g/mol. The van der Waals surface area contributed by atoms with Gasteiger partial charge in [-0.05, 0) is 17.7 Å². The van der Waals surface area contributed by atoms with Crippen molar-refractivity contribution in [1.29, 1.82) is 0 Å². The van der Waals surface area contributed by atoms with E-state index in [1.165, 1.54) is 0 Å². The first kappa shape index (κ1) is 13.2. The third-order valence-electron chi connectivity index (χ3n) is 3.07. The number of fused-ring (bicyclic) bond motifs is 1. The van der Waals surface area contributed by atoms with E-state index in [2.05, 4.69) is 15.6 Å². The Morgan fingerprint density at radius 3 is 2.76 bits per heavy atom. The number of carbonyl (C=O) groups is 1. The van der Waals surface area contributed by atoms with E-state index in [-0.39, 0.29) is 6.03 Å². The Hall–Kier alpha value is -2.82. The minimum Gasteiger partial charge on any atom is -0.439 e. The number of amides is 2. The van der Waals surface area contributed by atoms with E-state index in [9.17, 15) is 4.79 Å². The number of aryl methyl sites for hydroxylation is 1. The molecular weight excluding hydrogens is 266 g/mol. The van der Waals surface area contributed by atoms with Crippen LogP contribution in [0.3, 0.4) is 0 Å². The number of carbonyl (C=O) groups excluding carboxylic acids is 1. The highest BCUT2D eigenvalue weighted by Crippen LogP contribution is 2.23. The fourth-order valence-electron chi connectivity index (χ4n) is 2.10. The van der Waals surface area contributed by atoms with Crippen LogP contribution in [0.5, 0.6) is 0 Å². The van der Waals surface area contributed by atoms with Crippen LogP contribution in [0.15, 0.2) is 52.9 Å². The predicted molar refractivity (Wildman–Crippen MR) is 81.0 cm³/mol. The number of rotatable bonds is 3. The monoisotopic (exact) mass is 281 g/mol. The van der Waals surface area contributed by atoms with Crippen LogP contribution >= 0.6 is 0 Å². The van der Waals surface area contributed by atoms with Crippen molar-refractivity contribution >= 4 is 22.8 Å². The van der Waals surface area contributed by atoms with Crippen molar-refractivity contribution in [2.75, 3.05) is 5.32 Å². The zero-order chi connectivity index (χ0) is 14.7. The molecule has 21 heavy (non-hydrogen) atoms. The van der Waals surface area contributed by atoms with E-state index in [1.807, 2.05) is 42.5 Å². The second-order valence-electron chi connectivity index (χ2n) is 4.68. The number of aromatic nitrogens is 1. The molecule has 3 rings (SSSR count). The largest absolute Gasteiger partial charge is 0.439 e. The zero-order valence-electron chi connectivity index (χ0n) is 11.6. The van der Waals surface area contributed by atoms with Crippen LogP contribution in [0, 0.1) is 6.92 Å². The number of nitrogens with zero attached hydrogens (tertiary/aromatic N) is 1. The molecule has 0 radical (unpaired) electrons. The van der Waals surface area contributed by atoms with Gasteiger partial charge < -0.3 is 15.1 Å². The third-order valence-corrected chi connectivity index (χ3v) is 3.07. The van der Waals surface area contributed by atoms with Gasteiger partial charge in [-0.3, -0.25) is 0 Å². The van der Waals surface area contributed by atoms with E-state index in [0.29, 0.717) is 23.7 Å². The standard InChI is InChI=1S/C16H15N3O2/c1-11-18-13-8-5-9-14(15(13)21-11)19-16(20)17-10-12-6-3-2-4-7-12/h2-9H,10H2,1H3,(H2,17,19,20). The zero-order valence-corrected chi connectivity index (χ0v) is 11.6. The summed E-state index contributed by atoms with van der Waals surface area (Å²) in [5, 5.41) is 5.59. The summed E-state index contributed by atoms with van der Waals surface area (Å²) in [5.41, 5.74) is 2.97. The molecule has 3 aromatic rings. The topological polar surface area (TPSA) is 67.2 Å². The maximum Gasteiger partial charge on any atom is 0.319 e. The summed E-state index contributed by atoms with van der Waals surface area (Å²) >= 11 is 0. The van der Waals surface area contributed by atoms with Crippen LogP contribution in [-0.4, -0.2) is 11.0 Å². The Bertz CT molecular complexity index is 766. The van der Waals surface area contributed by atoms with E-state index in [1.54, 1.807) is 13.0 Å². The number of hydrogen-bond donors (Lipinski definition) is 2. The molecule has 0 aliphatic rings. The van der Waals surface area contributed by atoms with Crippen molar-refractivity contribution in [3.63, 3.8) is 0 Å². The molecule has 2 aromatic carbocycles. The quantitative estimate of drug-likeness (QED) is 0.772. The summed E-state index contributed by atoms with van der Waals surface area (Å²) in [6.45, 7) is 2.25. The molecule has 0 spiro atoms. The number of oxazole rings is 1. The molecule has 0 saturated heterocycles. The van der Waals surface area contributed by atoms with Crippen molar-refractivity contribution < 1.29 is 9.21 Å². The highest BCUT2D eigenvalue weighted by atomic mass is 16.3. The van der Waals surface area contributed by atoms with Gasteiger partial charge in [0.25, 0.3) is 0 Å². The normalized spacial score (nSPS) is 10.5. The van der Waals surface area contributed by atoms with E-state index >= 15 is 0 Å². The smallest absolute Gasteiger partial charge is 0.319 e. The summed E-state index contributed by atoms with van der Waals surface area (Å²) in [5.74, 6) is 0.573. The van der Waals surface area contributed by atoms with E-state index in [4.69, 9.17) is 4.42 Å². The minimum absolute atomic E-state index is 0.277. The highest BCUT2D eigenvalue weighted by molar-refractivity contribution is 5.97. The van der Waals surface area contributed by atoms with Crippen LogP contribution in [0.2, 0.25) is 0 Å². The van der Waals surface area contributed by atoms with Crippen LogP contribution < -0.4 is 10.6 Å². The number of anilines is 1. The highest BCUT2D eigenvalue weighted by Gasteiger charge is 2.10. The maximum atomic E-state index is 12.0. The SMILES string of the molecule is Cc1nc2cccc(NC(=O)NCc3ccccc3)c2o1. The van der Waals surface area contributed by atoms with Gasteiger partial charge in [0.05, 0.1) is 5.69 Å². The van der Waals surface area contributed by atoms with Gasteiger partial charge in [-0.25, -0.2) is 9.78 Å². The molecule has 0 aliphatic heterocycles. The van der Waals surface area contributed by atoms with Gasteiger partial charge in [0.2, 0.25) is 0 Å². The molecule has 0 saturated carbocycles. The Morgan fingerprint density at radius 1 is 1.14 bits per heavy atom. The number of benzene rings is 2. The number of hydrogen-bond acceptors (Lipinski definition) is 3. The summed E-state index contributed by atoms with van der Waals surface area (Å²) in [6.07, 6.45) is 0. The Kier molecular flexibility index (Phi) is 3.55. The first-order valence-corrected chi connectivity index (χ1v) is 6.67. The Labute approximate surface area is 122 Å². The molecule has 0 fully saturated rings. The lowest BCUT2D eigenvalue weighted by Crippen LogP contribution is -2.28. The molecule has 0 unspecified atom stereocenters. The molecule has 106 valence electrons. The molecule has 1 heterocycles. The Balaban J connectivity index is 1.69. The molecule has 0 aliphatic carbocycles. The fraction of sp³-hybridized carbons (Fsp3) is 0.125. The van der Waals surface area contributed by atoms with Crippen molar-refractivity contribution in [1.82, 2.24) is 10.3 Å². The van der Waals surface area contributed by atoms with Crippen molar-refractivity contribution in [2.24, 2.45) is 0 Å². The van der Waals surface area contributed by atoms with Gasteiger partial charge in [-0.1, -0.05) is 36.4 Å². The third kappa shape index (κ3) is 3.02. The number of urea groups is 1. The van der Waals surface area contributed by atoms with Gasteiger partial charge >= 0.3 is 6.03 Å². The number of para-hydroxylation sites is 1. The van der Waals surface area contributed by atoms with Crippen LogP contribution in [-0.2, 0) is 6.54 Å².